The first-order valence-electron chi connectivity index (χ1n) is 10.9. The van der Waals surface area contributed by atoms with E-state index in [1.807, 2.05) is 0 Å². The van der Waals surface area contributed by atoms with Crippen molar-refractivity contribution < 1.29 is 0 Å². The van der Waals surface area contributed by atoms with Gasteiger partial charge in [-0.3, -0.25) is 0 Å². The first-order valence-corrected chi connectivity index (χ1v) is 10.9. The van der Waals surface area contributed by atoms with E-state index in [9.17, 15) is 0 Å². The van der Waals surface area contributed by atoms with Crippen molar-refractivity contribution in [1.82, 2.24) is 0 Å². The molecule has 0 unspecified atom stereocenters. The van der Waals surface area contributed by atoms with Gasteiger partial charge in [-0.15, -0.1) is 23.3 Å². The lowest BCUT2D eigenvalue weighted by Crippen LogP contribution is -2.46. The summed E-state index contributed by atoms with van der Waals surface area (Å²) in [6.45, 7) is 6.56. The fourth-order valence-corrected chi connectivity index (χ4v) is 1.99. The van der Waals surface area contributed by atoms with Crippen LogP contribution in [0.25, 0.3) is 0 Å². The maximum atomic E-state index is 3.08. The van der Waals surface area contributed by atoms with Crippen LogP contribution in [0, 0.1) is 177 Å². The van der Waals surface area contributed by atoms with Gasteiger partial charge in [0.1, 0.15) is 0 Å². The third-order valence-corrected chi connectivity index (χ3v) is 3.43. The van der Waals surface area contributed by atoms with Crippen LogP contribution in [-0.2, 0) is 0 Å². The van der Waals surface area contributed by atoms with Gasteiger partial charge in [0.25, 0.3) is 13.2 Å². The van der Waals surface area contributed by atoms with Crippen LogP contribution >= 0.6 is 0 Å². The van der Waals surface area contributed by atoms with E-state index in [0.717, 1.165) is 0 Å². The molecular formula is C35H15B3. The molecule has 0 aromatic rings. The molecule has 0 aliphatic rings. The Morgan fingerprint density at radius 3 is 0.684 bits per heavy atom. The quantitative estimate of drug-likeness (QED) is 0.426. The zero-order valence-electron chi connectivity index (χ0n) is 21.7. The predicted octanol–water partition coefficient (Wildman–Crippen LogP) is 1.47. The predicted molar refractivity (Wildman–Crippen MR) is 162 cm³/mol. The summed E-state index contributed by atoms with van der Waals surface area (Å²) in [4.78, 5) is 0. The molecule has 38 heavy (non-hydrogen) atoms. The van der Waals surface area contributed by atoms with Crippen LogP contribution in [0.4, 0.5) is 0 Å². The fourth-order valence-electron chi connectivity index (χ4n) is 1.99. The van der Waals surface area contributed by atoms with Gasteiger partial charge in [-0.1, -0.05) is 29.6 Å². The second-order valence-electron chi connectivity index (χ2n) is 5.95. The molecular weight excluding hydrogens is 453 g/mol. The molecule has 0 rings (SSSR count). The van der Waals surface area contributed by atoms with Gasteiger partial charge >= 0.3 is 0 Å². The summed E-state index contributed by atoms with van der Waals surface area (Å²) in [5, 5.41) is 0. The molecule has 0 fully saturated rings. The highest BCUT2D eigenvalue weighted by atomic mass is 13.6. The average Bonchev–Trinajstić information content (AvgIpc) is 2.93. The highest BCUT2D eigenvalue weighted by Crippen LogP contribution is 1.96. The summed E-state index contributed by atoms with van der Waals surface area (Å²) >= 11 is 0. The normalized spacial score (nSPS) is 4.97. The molecule has 0 nitrogen and oxygen atoms in total. The number of hydrogen-bond acceptors (Lipinski definition) is 0. The van der Waals surface area contributed by atoms with E-state index in [-0.39, 0.29) is 0 Å². The molecule has 3 heteroatoms. The summed E-state index contributed by atoms with van der Waals surface area (Å²) < 4.78 is 0. The van der Waals surface area contributed by atoms with Gasteiger partial charge in [0.15, 0.2) is 0 Å². The summed E-state index contributed by atoms with van der Waals surface area (Å²) in [6, 6.07) is 0. The van der Waals surface area contributed by atoms with Crippen LogP contribution in [0.5, 0.6) is 0 Å². The van der Waals surface area contributed by atoms with Crippen molar-refractivity contribution in [3.8, 4) is 177 Å². The molecule has 0 heterocycles. The lowest BCUT2D eigenvalue weighted by atomic mass is 8.89. The summed E-state index contributed by atoms with van der Waals surface area (Å²) in [7, 11) is 0. The molecule has 0 N–H and O–H groups in total. The third-order valence-electron chi connectivity index (χ3n) is 3.43. The lowest BCUT2D eigenvalue weighted by molar-refractivity contribution is 1.92. The number of rotatable bonds is 2. The van der Waals surface area contributed by atoms with Gasteiger partial charge in [0.2, 0.25) is 6.49 Å². The molecule has 0 saturated carbocycles. The Kier molecular flexibility index (Phi) is 21.0. The minimum atomic E-state index is -0.644. The van der Waals surface area contributed by atoms with Gasteiger partial charge in [0.05, 0.1) is 0 Å². The van der Waals surface area contributed by atoms with E-state index in [0.29, 0.717) is 0 Å². The van der Waals surface area contributed by atoms with Gasteiger partial charge in [-0.2, -0.15) is 5.82 Å². The molecule has 0 bridgehead atoms. The Labute approximate surface area is 231 Å². The average molecular weight is 468 g/mol. The lowest BCUT2D eigenvalue weighted by Gasteiger charge is -2.06. The third kappa shape index (κ3) is 18.1. The molecule has 0 aromatic carbocycles. The van der Waals surface area contributed by atoms with Crippen molar-refractivity contribution >= 4 is 19.7 Å². The summed E-state index contributed by atoms with van der Waals surface area (Å²) in [6.07, 6.45) is 0. The SMILES string of the molecule is CC#CC#CC#CB(C#CC#CC#CC)B(C#CC#CC#CC)B(C#CC#CC#CC)C#CC#CC#CC. The number of hydrogen-bond donors (Lipinski definition) is 0. The van der Waals surface area contributed by atoms with Crippen LogP contribution < -0.4 is 0 Å². The zero-order chi connectivity index (χ0) is 27.9. The van der Waals surface area contributed by atoms with Crippen molar-refractivity contribution in [3.63, 3.8) is 0 Å². The van der Waals surface area contributed by atoms with Crippen molar-refractivity contribution in [2.75, 3.05) is 0 Å². The minimum Gasteiger partial charge on any atom is -0.154 e. The van der Waals surface area contributed by atoms with Crippen molar-refractivity contribution in [3.05, 3.63) is 0 Å². The molecule has 0 amide bonds. The standard InChI is InChI=1S/C35H15B3/c1-6-11-16-21-26-31-36(32-27-22-17-12-7-2)38(35-30-25-20-15-10-5)37(33-28-23-18-13-8-3)34-29-24-19-14-9-4/h1-5H3. The fraction of sp³-hybridized carbons (Fsp3) is 0.143. The van der Waals surface area contributed by atoms with Gasteiger partial charge < -0.3 is 0 Å². The molecule has 0 radical (unpaired) electrons. The van der Waals surface area contributed by atoms with E-state index in [1.54, 1.807) is 34.6 Å². The Morgan fingerprint density at radius 1 is 0.237 bits per heavy atom. The minimum absolute atomic E-state index is 0.602. The first kappa shape index (κ1) is 31.6. The van der Waals surface area contributed by atoms with E-state index >= 15 is 0 Å². The summed E-state index contributed by atoms with van der Waals surface area (Å²) in [5.74, 6) is 82.4. The van der Waals surface area contributed by atoms with Gasteiger partial charge in [-0.05, 0) is 153 Å². The van der Waals surface area contributed by atoms with Crippen molar-refractivity contribution in [1.29, 1.82) is 0 Å². The Morgan fingerprint density at radius 2 is 0.447 bits per heavy atom. The maximum Gasteiger partial charge on any atom is 0.295 e. The van der Waals surface area contributed by atoms with Crippen molar-refractivity contribution in [2.24, 2.45) is 0 Å². The van der Waals surface area contributed by atoms with Crippen LogP contribution in [-0.4, -0.2) is 19.7 Å². The van der Waals surface area contributed by atoms with E-state index in [4.69, 9.17) is 0 Å². The first-order chi connectivity index (χ1) is 18.7. The highest BCUT2D eigenvalue weighted by molar-refractivity contribution is 7.59. The van der Waals surface area contributed by atoms with Crippen molar-refractivity contribution in [2.45, 2.75) is 34.6 Å². The molecule has 164 valence electrons. The van der Waals surface area contributed by atoms with Gasteiger partial charge in [0, 0.05) is 0 Å². The maximum absolute atomic E-state index is 3.08. The van der Waals surface area contributed by atoms with E-state index < -0.39 is 19.7 Å². The zero-order valence-corrected chi connectivity index (χ0v) is 21.7. The van der Waals surface area contributed by atoms with Crippen LogP contribution in [0.2, 0.25) is 0 Å². The highest BCUT2D eigenvalue weighted by Gasteiger charge is 2.36. The van der Waals surface area contributed by atoms with E-state index in [1.165, 1.54) is 0 Å². The Hall–Kier alpha value is -6.41. The molecule has 0 atom stereocenters. The topological polar surface area (TPSA) is 0 Å². The summed E-state index contributed by atoms with van der Waals surface area (Å²) in [5.41, 5.74) is 0. The van der Waals surface area contributed by atoms with Crippen LogP contribution in [0.3, 0.4) is 0 Å². The van der Waals surface area contributed by atoms with Crippen LogP contribution in [0.15, 0.2) is 0 Å². The van der Waals surface area contributed by atoms with Crippen LogP contribution in [0.1, 0.15) is 34.6 Å². The molecule has 0 aliphatic carbocycles. The second-order valence-corrected chi connectivity index (χ2v) is 5.95. The molecule has 0 spiro atoms. The monoisotopic (exact) mass is 468 g/mol. The molecule has 0 aliphatic heterocycles. The van der Waals surface area contributed by atoms with Gasteiger partial charge in [-0.25, -0.2) is 0 Å². The van der Waals surface area contributed by atoms with E-state index in [2.05, 4.69) is 177 Å². The molecule has 0 aromatic heterocycles. The second kappa shape index (κ2) is 25.2. The largest absolute Gasteiger partial charge is 0.295 e. The Balaban J connectivity index is 7.14. The Bertz CT molecular complexity index is 1640. The molecule has 0 saturated heterocycles. The smallest absolute Gasteiger partial charge is 0.154 e.